The zero-order valence-corrected chi connectivity index (χ0v) is 7.76. The van der Waals surface area contributed by atoms with Crippen molar-refractivity contribution >= 4 is 11.8 Å². The number of aromatic hydroxyl groups is 2. The lowest BCUT2D eigenvalue weighted by atomic mass is 10.1. The summed E-state index contributed by atoms with van der Waals surface area (Å²) in [6, 6.07) is 1.54. The molecule has 0 unspecified atom stereocenters. The summed E-state index contributed by atoms with van der Waals surface area (Å²) in [4.78, 5) is 21.9. The summed E-state index contributed by atoms with van der Waals surface area (Å²) in [5.74, 6) is -3.38. The van der Waals surface area contributed by atoms with E-state index in [9.17, 15) is 19.8 Å². The number of amides is 2. The van der Waals surface area contributed by atoms with Crippen LogP contribution in [0.3, 0.4) is 0 Å². The van der Waals surface area contributed by atoms with E-state index in [-0.39, 0.29) is 0 Å². The van der Waals surface area contributed by atoms with E-state index >= 15 is 0 Å². The number of hydrogen-bond donors (Lipinski definition) is 6. The molecule has 8 heteroatoms. The topological polar surface area (TPSA) is 139 Å². The fraction of sp³-hybridized carbons (Fsp3) is 0. The van der Waals surface area contributed by atoms with Crippen molar-refractivity contribution in [2.45, 2.75) is 0 Å². The number of phenols is 2. The maximum atomic E-state index is 11.0. The molecular formula is C8H8N2O6. The number of carbonyl (C=O) groups excluding carboxylic acids is 2. The van der Waals surface area contributed by atoms with Crippen molar-refractivity contribution in [1.82, 2.24) is 11.0 Å². The molecule has 0 radical (unpaired) electrons. The van der Waals surface area contributed by atoms with Gasteiger partial charge in [-0.1, -0.05) is 0 Å². The van der Waals surface area contributed by atoms with Crippen LogP contribution >= 0.6 is 0 Å². The third-order valence-electron chi connectivity index (χ3n) is 1.81. The molecule has 1 aromatic rings. The summed E-state index contributed by atoms with van der Waals surface area (Å²) in [5.41, 5.74) is 1.66. The van der Waals surface area contributed by atoms with Crippen molar-refractivity contribution in [3.63, 3.8) is 0 Å². The van der Waals surface area contributed by atoms with Crippen LogP contribution in [0.4, 0.5) is 0 Å². The summed E-state index contributed by atoms with van der Waals surface area (Å²) < 4.78 is 0. The SMILES string of the molecule is O=C(NO)c1cc(O)c(C(=O)NO)cc1O. The van der Waals surface area contributed by atoms with Crippen LogP contribution in [-0.4, -0.2) is 32.4 Å². The minimum absolute atomic E-state index is 0.422. The normalized spacial score (nSPS) is 9.62. The Kier molecular flexibility index (Phi) is 3.28. The Morgan fingerprint density at radius 1 is 0.875 bits per heavy atom. The molecule has 0 aromatic heterocycles. The maximum absolute atomic E-state index is 11.0. The predicted molar refractivity (Wildman–Crippen MR) is 48.3 cm³/mol. The predicted octanol–water partition coefficient (Wildman–Crippen LogP) is -0.664. The molecule has 2 amide bonds. The van der Waals surface area contributed by atoms with E-state index in [2.05, 4.69) is 0 Å². The van der Waals surface area contributed by atoms with E-state index in [1.165, 1.54) is 11.0 Å². The van der Waals surface area contributed by atoms with Gasteiger partial charge in [-0.2, -0.15) is 0 Å². The molecule has 1 aromatic carbocycles. The van der Waals surface area contributed by atoms with Crippen molar-refractivity contribution in [2.75, 3.05) is 0 Å². The first-order valence-electron chi connectivity index (χ1n) is 3.96. The molecule has 0 aliphatic carbocycles. The average Bonchev–Trinajstić information content (AvgIpc) is 2.29. The second kappa shape index (κ2) is 4.47. The summed E-state index contributed by atoms with van der Waals surface area (Å²) in [6.45, 7) is 0. The van der Waals surface area contributed by atoms with Crippen molar-refractivity contribution in [2.24, 2.45) is 0 Å². The molecule has 0 fully saturated rings. The maximum Gasteiger partial charge on any atom is 0.278 e. The van der Waals surface area contributed by atoms with E-state index < -0.39 is 34.4 Å². The molecule has 0 saturated heterocycles. The lowest BCUT2D eigenvalue weighted by Crippen LogP contribution is -2.21. The Labute approximate surface area is 88.7 Å². The third kappa shape index (κ3) is 2.02. The van der Waals surface area contributed by atoms with Crippen LogP contribution in [0.5, 0.6) is 11.5 Å². The minimum atomic E-state index is -1.05. The molecule has 0 atom stereocenters. The average molecular weight is 228 g/mol. The van der Waals surface area contributed by atoms with Gasteiger partial charge in [0.2, 0.25) is 0 Å². The quantitative estimate of drug-likeness (QED) is 0.225. The Balaban J connectivity index is 3.27. The van der Waals surface area contributed by atoms with Gasteiger partial charge in [-0.15, -0.1) is 0 Å². The molecule has 8 nitrogen and oxygen atoms in total. The molecule has 0 spiro atoms. The van der Waals surface area contributed by atoms with Gasteiger partial charge in [0.15, 0.2) is 0 Å². The molecular weight excluding hydrogens is 220 g/mol. The first kappa shape index (κ1) is 11.8. The third-order valence-corrected chi connectivity index (χ3v) is 1.81. The molecule has 0 heterocycles. The summed E-state index contributed by atoms with van der Waals surface area (Å²) >= 11 is 0. The van der Waals surface area contributed by atoms with E-state index in [4.69, 9.17) is 10.4 Å². The molecule has 16 heavy (non-hydrogen) atoms. The highest BCUT2D eigenvalue weighted by molar-refractivity contribution is 6.01. The standard InChI is InChI=1S/C8H8N2O6/c11-5-1-3(7(13)9-15)6(12)2-4(5)8(14)10-16/h1-2,11-12,15-16H,(H,9,13)(H,10,14). The molecule has 86 valence electrons. The number of benzene rings is 1. The Morgan fingerprint density at radius 3 is 1.44 bits per heavy atom. The summed E-state index contributed by atoms with van der Waals surface area (Å²) in [5, 5.41) is 35.3. The second-order valence-electron chi connectivity index (χ2n) is 2.77. The van der Waals surface area contributed by atoms with Crippen molar-refractivity contribution in [1.29, 1.82) is 0 Å². The van der Waals surface area contributed by atoms with Crippen LogP contribution in [0.15, 0.2) is 12.1 Å². The van der Waals surface area contributed by atoms with Crippen LogP contribution in [0, 0.1) is 0 Å². The van der Waals surface area contributed by atoms with E-state index in [0.717, 1.165) is 12.1 Å². The number of hydrogen-bond acceptors (Lipinski definition) is 6. The van der Waals surface area contributed by atoms with Crippen LogP contribution in [-0.2, 0) is 0 Å². The van der Waals surface area contributed by atoms with Gasteiger partial charge in [0.1, 0.15) is 11.5 Å². The highest BCUT2D eigenvalue weighted by atomic mass is 16.5. The lowest BCUT2D eigenvalue weighted by Gasteiger charge is -2.07. The highest BCUT2D eigenvalue weighted by Gasteiger charge is 2.18. The fourth-order valence-corrected chi connectivity index (χ4v) is 1.06. The summed E-state index contributed by atoms with van der Waals surface area (Å²) in [6.07, 6.45) is 0. The Bertz CT molecular complexity index is 403. The van der Waals surface area contributed by atoms with Gasteiger partial charge in [0, 0.05) is 0 Å². The Morgan fingerprint density at radius 2 is 1.19 bits per heavy atom. The van der Waals surface area contributed by atoms with Crippen LogP contribution in [0.2, 0.25) is 0 Å². The minimum Gasteiger partial charge on any atom is -0.507 e. The molecule has 1 rings (SSSR count). The summed E-state index contributed by atoms with van der Waals surface area (Å²) in [7, 11) is 0. The highest BCUT2D eigenvalue weighted by Crippen LogP contribution is 2.27. The number of phenolic OH excluding ortho intramolecular Hbond substituents is 2. The van der Waals surface area contributed by atoms with Crippen molar-refractivity contribution in [3.05, 3.63) is 23.3 Å². The largest absolute Gasteiger partial charge is 0.507 e. The zero-order valence-electron chi connectivity index (χ0n) is 7.76. The van der Waals surface area contributed by atoms with Crippen molar-refractivity contribution in [3.8, 4) is 11.5 Å². The fourth-order valence-electron chi connectivity index (χ4n) is 1.06. The van der Waals surface area contributed by atoms with Gasteiger partial charge in [0.05, 0.1) is 11.1 Å². The zero-order chi connectivity index (χ0) is 12.3. The van der Waals surface area contributed by atoms with E-state index in [0.29, 0.717) is 0 Å². The van der Waals surface area contributed by atoms with Gasteiger partial charge in [-0.05, 0) is 12.1 Å². The van der Waals surface area contributed by atoms with Gasteiger partial charge in [-0.25, -0.2) is 11.0 Å². The number of carbonyl (C=O) groups is 2. The van der Waals surface area contributed by atoms with Gasteiger partial charge >= 0.3 is 0 Å². The van der Waals surface area contributed by atoms with Crippen molar-refractivity contribution < 1.29 is 30.2 Å². The molecule has 0 bridgehead atoms. The molecule has 0 saturated carbocycles. The molecule has 6 N–H and O–H groups in total. The van der Waals surface area contributed by atoms with Crippen LogP contribution in [0.25, 0.3) is 0 Å². The second-order valence-corrected chi connectivity index (χ2v) is 2.77. The smallest absolute Gasteiger partial charge is 0.278 e. The number of nitrogens with one attached hydrogen (secondary N) is 2. The number of rotatable bonds is 2. The van der Waals surface area contributed by atoms with Gasteiger partial charge < -0.3 is 10.2 Å². The first-order chi connectivity index (χ1) is 7.51. The van der Waals surface area contributed by atoms with Crippen LogP contribution in [0.1, 0.15) is 20.7 Å². The van der Waals surface area contributed by atoms with E-state index in [1.807, 2.05) is 0 Å². The molecule has 0 aliphatic heterocycles. The molecule has 0 aliphatic rings. The van der Waals surface area contributed by atoms with Crippen LogP contribution < -0.4 is 11.0 Å². The van der Waals surface area contributed by atoms with Gasteiger partial charge in [-0.3, -0.25) is 20.0 Å². The van der Waals surface area contributed by atoms with Gasteiger partial charge in [0.25, 0.3) is 11.8 Å². The lowest BCUT2D eigenvalue weighted by molar-refractivity contribution is 0.0692. The van der Waals surface area contributed by atoms with E-state index in [1.54, 1.807) is 0 Å². The number of hydroxylamine groups is 2. The first-order valence-corrected chi connectivity index (χ1v) is 3.96. The monoisotopic (exact) mass is 228 g/mol. The Hall–Kier alpha value is -2.32.